The molecule has 0 atom stereocenters. The SMILES string of the molecule is N#Cc1ccc2c(c1)c1ccccc1n2-c1cnc2c(c1)C1(c3cc(-n4c5ccccc5c5ccccc54)cnc3-2)c2cccc(-n3c4ccccc4c4ccccc43)c2Oc2c(-n3c4ccccc4c4ccccc43)cccc21. The van der Waals surface area contributed by atoms with Gasteiger partial charge in [0, 0.05) is 65.3 Å². The van der Waals surface area contributed by atoms with Gasteiger partial charge in [0.05, 0.1) is 108 Å². The quantitative estimate of drug-likeness (QED) is 0.176. The van der Waals surface area contributed by atoms with Crippen molar-refractivity contribution in [2.75, 3.05) is 0 Å². The van der Waals surface area contributed by atoms with Gasteiger partial charge in [0.1, 0.15) is 0 Å². The van der Waals surface area contributed by atoms with Gasteiger partial charge in [-0.3, -0.25) is 9.97 Å². The molecule has 1 aliphatic heterocycles. The summed E-state index contributed by atoms with van der Waals surface area (Å²) in [5.74, 6) is 1.49. The molecule has 6 aromatic heterocycles. The first-order valence-corrected chi connectivity index (χ1v) is 27.0. The molecule has 0 saturated heterocycles. The van der Waals surface area contributed by atoms with Crippen LogP contribution in [0.15, 0.2) is 249 Å². The van der Waals surface area contributed by atoms with Gasteiger partial charge in [-0.1, -0.05) is 152 Å². The van der Waals surface area contributed by atoms with Crippen molar-refractivity contribution < 1.29 is 4.74 Å². The molecule has 370 valence electrons. The highest BCUT2D eigenvalue weighted by molar-refractivity contribution is 6.13. The second-order valence-corrected chi connectivity index (χ2v) is 21.1. The number of pyridine rings is 2. The molecule has 0 saturated carbocycles. The summed E-state index contributed by atoms with van der Waals surface area (Å²) in [5, 5.41) is 19.2. The number of nitrogens with zero attached hydrogens (tertiary/aromatic N) is 7. The number of fused-ring (bicyclic) bond motifs is 21. The molecule has 0 fully saturated rings. The van der Waals surface area contributed by atoms with Crippen molar-refractivity contribution >= 4 is 87.2 Å². The Kier molecular flexibility index (Phi) is 8.52. The fourth-order valence-corrected chi connectivity index (χ4v) is 14.2. The monoisotopic (exact) mass is 1020 g/mol. The molecule has 7 heterocycles. The Balaban J connectivity index is 1.02. The van der Waals surface area contributed by atoms with Crippen LogP contribution in [0.3, 0.4) is 0 Å². The van der Waals surface area contributed by atoms with Gasteiger partial charge in [-0.05, 0) is 84.9 Å². The van der Waals surface area contributed by atoms with Crippen LogP contribution in [0.1, 0.15) is 27.8 Å². The zero-order valence-electron chi connectivity index (χ0n) is 42.7. The Morgan fingerprint density at radius 2 is 0.662 bits per heavy atom. The van der Waals surface area contributed by atoms with E-state index in [1.54, 1.807) is 0 Å². The third-order valence-electron chi connectivity index (χ3n) is 17.3. The van der Waals surface area contributed by atoms with E-state index in [1.165, 1.54) is 10.8 Å². The van der Waals surface area contributed by atoms with Crippen molar-refractivity contribution in [3.63, 3.8) is 0 Å². The average Bonchev–Trinajstić information content (AvgIpc) is 4.36. The highest BCUT2D eigenvalue weighted by Gasteiger charge is 2.54. The van der Waals surface area contributed by atoms with Crippen molar-refractivity contribution in [1.29, 1.82) is 5.26 Å². The predicted octanol–water partition coefficient (Wildman–Crippen LogP) is 17.2. The van der Waals surface area contributed by atoms with E-state index in [9.17, 15) is 5.26 Å². The lowest BCUT2D eigenvalue weighted by molar-refractivity contribution is 0.433. The summed E-state index contributed by atoms with van der Waals surface area (Å²) in [5.41, 5.74) is 17.3. The second kappa shape index (κ2) is 15.8. The molecule has 1 spiro atoms. The average molecular weight is 1020 g/mol. The molecule has 10 aromatic carbocycles. The topological polar surface area (TPSA) is 78.5 Å². The Morgan fingerprint density at radius 3 is 1.04 bits per heavy atom. The second-order valence-electron chi connectivity index (χ2n) is 21.1. The van der Waals surface area contributed by atoms with Crippen molar-refractivity contribution in [1.82, 2.24) is 28.2 Å². The summed E-state index contributed by atoms with van der Waals surface area (Å²) in [4.78, 5) is 11.2. The molecule has 0 radical (unpaired) electrons. The molecular formula is C72H41N7O. The lowest BCUT2D eigenvalue weighted by Crippen LogP contribution is -2.33. The standard InChI is InChI=1S/C72H41N7O/c73-40-43-35-36-65-53(37-43)52-23-7-10-28-60(52)77(65)45-39-57-69(75-42-45)68-56(38-44(41-74-68)76-58-26-8-1-17-46(58)47-18-2-9-27-59(47)76)72(57)54-24-15-33-66(78-61-29-11-3-19-48(61)49-20-4-12-30-62(49)78)70(54)80-71-55(72)25-16-34-67(71)79-63-31-13-5-21-50(63)51-22-6-14-32-64(51)79/h1-39,41-42H. The van der Waals surface area contributed by atoms with Crippen LogP contribution >= 0.6 is 0 Å². The fraction of sp³-hybridized carbons (Fsp3) is 0.0139. The van der Waals surface area contributed by atoms with E-state index in [0.29, 0.717) is 5.56 Å². The van der Waals surface area contributed by atoms with Crippen molar-refractivity contribution in [3.05, 3.63) is 277 Å². The summed E-state index contributed by atoms with van der Waals surface area (Å²) >= 11 is 0. The zero-order chi connectivity index (χ0) is 52.4. The Hall–Kier alpha value is -11.0. The molecule has 80 heavy (non-hydrogen) atoms. The summed E-state index contributed by atoms with van der Waals surface area (Å²) in [6.07, 6.45) is 4.03. The van der Waals surface area contributed by atoms with E-state index >= 15 is 0 Å². The van der Waals surface area contributed by atoms with Crippen molar-refractivity contribution in [2.45, 2.75) is 5.41 Å². The molecule has 0 amide bonds. The molecule has 2 aliphatic rings. The molecule has 8 nitrogen and oxygen atoms in total. The third kappa shape index (κ3) is 5.47. The van der Waals surface area contributed by atoms with Gasteiger partial charge in [0.25, 0.3) is 0 Å². The third-order valence-corrected chi connectivity index (χ3v) is 17.3. The minimum absolute atomic E-state index is 0.612. The summed E-state index contributed by atoms with van der Waals surface area (Å²) in [6, 6.07) is 87.0. The van der Waals surface area contributed by atoms with E-state index < -0.39 is 5.41 Å². The fourth-order valence-electron chi connectivity index (χ4n) is 14.2. The first-order chi connectivity index (χ1) is 39.7. The van der Waals surface area contributed by atoms with Crippen molar-refractivity contribution in [3.8, 4) is 51.7 Å². The number of benzene rings is 10. The number of ether oxygens (including phenoxy) is 1. The minimum Gasteiger partial charge on any atom is -0.452 e. The van der Waals surface area contributed by atoms with Gasteiger partial charge < -0.3 is 23.0 Å². The summed E-state index contributed by atoms with van der Waals surface area (Å²) in [7, 11) is 0. The number of rotatable bonds is 4. The number of hydrogen-bond acceptors (Lipinski definition) is 4. The molecule has 16 aromatic rings. The van der Waals surface area contributed by atoms with Gasteiger partial charge in [0.2, 0.25) is 0 Å². The van der Waals surface area contributed by atoms with Gasteiger partial charge in [-0.2, -0.15) is 5.26 Å². The molecule has 1 aliphatic carbocycles. The summed E-state index contributed by atoms with van der Waals surface area (Å²) < 4.78 is 17.4. The molecule has 0 N–H and O–H groups in total. The van der Waals surface area contributed by atoms with Crippen LogP contribution in [-0.2, 0) is 5.41 Å². The Morgan fingerprint density at radius 1 is 0.325 bits per heavy atom. The van der Waals surface area contributed by atoms with Gasteiger partial charge in [0.15, 0.2) is 11.5 Å². The van der Waals surface area contributed by atoms with Gasteiger partial charge in [-0.15, -0.1) is 0 Å². The van der Waals surface area contributed by atoms with E-state index in [0.717, 1.165) is 144 Å². The maximum absolute atomic E-state index is 10.2. The molecule has 0 unspecified atom stereocenters. The number of para-hydroxylation sites is 9. The normalized spacial score (nSPS) is 13.2. The smallest absolute Gasteiger partial charge is 0.156 e. The number of hydrogen-bond donors (Lipinski definition) is 0. The van der Waals surface area contributed by atoms with Crippen molar-refractivity contribution in [2.24, 2.45) is 0 Å². The maximum atomic E-state index is 10.2. The largest absolute Gasteiger partial charge is 0.452 e. The van der Waals surface area contributed by atoms with E-state index in [2.05, 4.69) is 249 Å². The van der Waals surface area contributed by atoms with Crippen LogP contribution in [0, 0.1) is 11.3 Å². The highest BCUT2D eigenvalue weighted by atomic mass is 16.5. The van der Waals surface area contributed by atoms with Crippen LogP contribution in [0.5, 0.6) is 11.5 Å². The molecule has 0 bridgehead atoms. The Bertz CT molecular complexity index is 5130. The van der Waals surface area contributed by atoms with E-state index in [4.69, 9.17) is 14.7 Å². The van der Waals surface area contributed by atoms with Crippen LogP contribution in [-0.4, -0.2) is 28.2 Å². The zero-order valence-corrected chi connectivity index (χ0v) is 42.7. The van der Waals surface area contributed by atoms with E-state index in [1.807, 2.05) is 24.5 Å². The van der Waals surface area contributed by atoms with E-state index in [-0.39, 0.29) is 0 Å². The predicted molar refractivity (Wildman–Crippen MR) is 321 cm³/mol. The van der Waals surface area contributed by atoms with Crippen LogP contribution < -0.4 is 4.74 Å². The maximum Gasteiger partial charge on any atom is 0.156 e. The molecule has 18 rings (SSSR count). The minimum atomic E-state index is -1.07. The first-order valence-electron chi connectivity index (χ1n) is 27.0. The van der Waals surface area contributed by atoms with Crippen LogP contribution in [0.2, 0.25) is 0 Å². The molecular weight excluding hydrogens is 979 g/mol. The number of aromatic nitrogens is 6. The molecule has 8 heteroatoms. The van der Waals surface area contributed by atoms with Crippen LogP contribution in [0.4, 0.5) is 0 Å². The number of nitriles is 1. The lowest BCUT2D eigenvalue weighted by atomic mass is 9.66. The highest BCUT2D eigenvalue weighted by Crippen LogP contribution is 2.64. The Labute approximate surface area is 457 Å². The lowest BCUT2D eigenvalue weighted by Gasteiger charge is -2.40. The first kappa shape index (κ1) is 43.1. The summed E-state index contributed by atoms with van der Waals surface area (Å²) in [6.45, 7) is 0. The van der Waals surface area contributed by atoms with Gasteiger partial charge in [-0.25, -0.2) is 0 Å². The van der Waals surface area contributed by atoms with Crippen LogP contribution in [0.25, 0.3) is 121 Å². The van der Waals surface area contributed by atoms with Gasteiger partial charge >= 0.3 is 0 Å².